The van der Waals surface area contributed by atoms with Gasteiger partial charge in [0.1, 0.15) is 5.79 Å². The van der Waals surface area contributed by atoms with Crippen molar-refractivity contribution in [2.75, 3.05) is 46.8 Å². The van der Waals surface area contributed by atoms with Crippen LogP contribution >= 0.6 is 0 Å². The Morgan fingerprint density at radius 2 is 1.71 bits per heavy atom. The molecule has 1 fully saturated rings. The quantitative estimate of drug-likeness (QED) is 0.110. The Hall–Kier alpha value is -0.320. The van der Waals surface area contributed by atoms with E-state index in [0.717, 1.165) is 58.4 Å². The molecule has 8 nitrogen and oxygen atoms in total. The highest BCUT2D eigenvalue weighted by Crippen LogP contribution is 2.17. The number of hydrogen-bond acceptors (Lipinski definition) is 8. The van der Waals surface area contributed by atoms with Crippen LogP contribution < -0.4 is 43.0 Å². The Balaban J connectivity index is 2.76. The number of rotatable bonds is 19. The molecular weight excluding hydrogens is 388 g/mol. The normalized spacial score (nSPS) is 20.3. The fourth-order valence-electron chi connectivity index (χ4n) is 4.42. The molecule has 0 radical (unpaired) electrons. The van der Waals surface area contributed by atoms with E-state index in [1.807, 2.05) is 14.1 Å². The lowest BCUT2D eigenvalue weighted by atomic mass is 9.95. The van der Waals surface area contributed by atoms with Crippen LogP contribution in [0.2, 0.25) is 0 Å². The minimum Gasteiger partial charge on any atom is -0.320 e. The first-order valence-corrected chi connectivity index (χ1v) is 12.8. The van der Waals surface area contributed by atoms with Gasteiger partial charge in [-0.05, 0) is 85.8 Å². The third-order valence-electron chi connectivity index (χ3n) is 6.32. The van der Waals surface area contributed by atoms with Gasteiger partial charge < -0.3 is 27.0 Å². The van der Waals surface area contributed by atoms with Crippen molar-refractivity contribution in [2.24, 2.45) is 5.73 Å². The molecule has 0 spiro atoms. The molecule has 0 aromatic carbocycles. The minimum atomic E-state index is -0.498. The van der Waals surface area contributed by atoms with Crippen LogP contribution in [-0.4, -0.2) is 70.5 Å². The molecule has 0 heterocycles. The predicted octanol–water partition coefficient (Wildman–Crippen LogP) is 0.961. The fraction of sp³-hybridized carbons (Fsp3) is 1.00. The van der Waals surface area contributed by atoms with Crippen LogP contribution in [-0.2, 0) is 0 Å². The summed E-state index contributed by atoms with van der Waals surface area (Å²) in [4.78, 5) is 0. The summed E-state index contributed by atoms with van der Waals surface area (Å²) < 4.78 is 0. The first-order valence-electron chi connectivity index (χ1n) is 12.8. The molecule has 9 N–H and O–H groups in total. The summed E-state index contributed by atoms with van der Waals surface area (Å²) in [6, 6.07) is 0.714. The van der Waals surface area contributed by atoms with Crippen molar-refractivity contribution in [3.05, 3.63) is 0 Å². The van der Waals surface area contributed by atoms with Crippen LogP contribution in [0.5, 0.6) is 0 Å². The van der Waals surface area contributed by atoms with Crippen LogP contribution in [0.1, 0.15) is 78.6 Å². The molecule has 0 aliphatic heterocycles. The predicted molar refractivity (Wildman–Crippen MR) is 134 cm³/mol. The Labute approximate surface area is 192 Å². The topological polar surface area (TPSA) is 110 Å². The van der Waals surface area contributed by atoms with Crippen molar-refractivity contribution < 1.29 is 0 Å². The maximum atomic E-state index is 6.70. The average Bonchev–Trinajstić information content (AvgIpc) is 2.76. The van der Waals surface area contributed by atoms with Gasteiger partial charge in [-0.15, -0.1) is 0 Å². The van der Waals surface area contributed by atoms with E-state index < -0.39 is 11.4 Å². The lowest BCUT2D eigenvalue weighted by Gasteiger charge is -2.45. The highest BCUT2D eigenvalue weighted by atomic mass is 15.4. The number of hydrogen-bond donors (Lipinski definition) is 8. The fourth-order valence-corrected chi connectivity index (χ4v) is 4.42. The van der Waals surface area contributed by atoms with Crippen molar-refractivity contribution >= 4 is 0 Å². The third kappa shape index (κ3) is 12.5. The molecule has 3 atom stereocenters. The standard InChI is InChI=1S/C23H54N8/c1-6-21(26-5)30-23(15-19-27-7-2,31-22(3,24)14-18-25-4)29-17-11-16-28-20-12-9-8-10-13-20/h20-21,25-31H,6-19,24H2,1-5H3. The first-order chi connectivity index (χ1) is 14.9. The smallest absolute Gasteiger partial charge is 0.127 e. The molecule has 1 saturated carbocycles. The maximum Gasteiger partial charge on any atom is 0.127 e. The SMILES string of the molecule is CCNCCC(NCCCNC1CCCCC1)(NC(CC)NC)NC(C)(N)CCNC. The lowest BCUT2D eigenvalue weighted by Crippen LogP contribution is -2.76. The molecule has 1 rings (SSSR count). The van der Waals surface area contributed by atoms with E-state index in [-0.39, 0.29) is 6.17 Å². The second-order valence-electron chi connectivity index (χ2n) is 9.37. The van der Waals surface area contributed by atoms with Gasteiger partial charge in [-0.25, -0.2) is 0 Å². The van der Waals surface area contributed by atoms with Crippen LogP contribution in [0.4, 0.5) is 0 Å². The molecule has 0 bridgehead atoms. The third-order valence-corrected chi connectivity index (χ3v) is 6.32. The van der Waals surface area contributed by atoms with Crippen LogP contribution in [0.25, 0.3) is 0 Å². The monoisotopic (exact) mass is 442 g/mol. The van der Waals surface area contributed by atoms with E-state index in [1.165, 1.54) is 32.1 Å². The van der Waals surface area contributed by atoms with Gasteiger partial charge in [-0.2, -0.15) is 0 Å². The summed E-state index contributed by atoms with van der Waals surface area (Å²) in [6.45, 7) is 11.2. The van der Waals surface area contributed by atoms with Crippen molar-refractivity contribution in [3.63, 3.8) is 0 Å². The van der Waals surface area contributed by atoms with Crippen LogP contribution in [0.3, 0.4) is 0 Å². The maximum absolute atomic E-state index is 6.70. The Morgan fingerprint density at radius 1 is 0.968 bits per heavy atom. The van der Waals surface area contributed by atoms with Gasteiger partial charge in [0.05, 0.1) is 11.8 Å². The molecule has 0 saturated heterocycles. The van der Waals surface area contributed by atoms with Crippen molar-refractivity contribution in [3.8, 4) is 0 Å². The van der Waals surface area contributed by atoms with E-state index in [9.17, 15) is 0 Å². The van der Waals surface area contributed by atoms with E-state index in [1.54, 1.807) is 0 Å². The summed E-state index contributed by atoms with van der Waals surface area (Å²) in [7, 11) is 3.98. The Kier molecular flexibility index (Phi) is 15.1. The average molecular weight is 443 g/mol. The number of nitrogens with two attached hydrogens (primary N) is 1. The minimum absolute atomic E-state index is 0.196. The van der Waals surface area contributed by atoms with Gasteiger partial charge >= 0.3 is 0 Å². The Bertz CT molecular complexity index is 424. The largest absolute Gasteiger partial charge is 0.320 e. The van der Waals surface area contributed by atoms with Crippen molar-refractivity contribution in [1.82, 2.24) is 37.2 Å². The van der Waals surface area contributed by atoms with Gasteiger partial charge in [-0.1, -0.05) is 33.1 Å². The summed E-state index contributed by atoms with van der Waals surface area (Å²) in [5.74, 6) is -0.450. The zero-order valence-corrected chi connectivity index (χ0v) is 21.1. The molecule has 1 aliphatic carbocycles. The van der Waals surface area contributed by atoms with E-state index in [0.29, 0.717) is 6.04 Å². The molecule has 31 heavy (non-hydrogen) atoms. The molecule has 0 aromatic heterocycles. The highest BCUT2D eigenvalue weighted by molar-refractivity contribution is 4.93. The zero-order valence-electron chi connectivity index (χ0n) is 21.1. The van der Waals surface area contributed by atoms with Crippen LogP contribution in [0, 0.1) is 0 Å². The van der Waals surface area contributed by atoms with E-state index >= 15 is 0 Å². The summed E-state index contributed by atoms with van der Waals surface area (Å²) >= 11 is 0. The second kappa shape index (κ2) is 16.3. The van der Waals surface area contributed by atoms with Gasteiger partial charge in [0.25, 0.3) is 0 Å². The molecule has 3 unspecified atom stereocenters. The zero-order chi connectivity index (χ0) is 23.0. The van der Waals surface area contributed by atoms with Gasteiger partial charge in [-0.3, -0.25) is 16.0 Å². The Morgan fingerprint density at radius 3 is 2.32 bits per heavy atom. The summed E-state index contributed by atoms with van der Waals surface area (Å²) in [5, 5.41) is 25.2. The van der Waals surface area contributed by atoms with Crippen LogP contribution in [0.15, 0.2) is 0 Å². The van der Waals surface area contributed by atoms with E-state index in [2.05, 4.69) is 58.0 Å². The lowest BCUT2D eigenvalue weighted by molar-refractivity contribution is 0.0988. The molecule has 186 valence electrons. The van der Waals surface area contributed by atoms with Gasteiger partial charge in [0, 0.05) is 12.5 Å². The molecule has 1 aliphatic rings. The van der Waals surface area contributed by atoms with E-state index in [4.69, 9.17) is 5.73 Å². The van der Waals surface area contributed by atoms with Gasteiger partial charge in [0.2, 0.25) is 0 Å². The molecule has 0 amide bonds. The van der Waals surface area contributed by atoms with Gasteiger partial charge in [0.15, 0.2) is 0 Å². The van der Waals surface area contributed by atoms with Crippen molar-refractivity contribution in [2.45, 2.75) is 102 Å². The molecule has 8 heteroatoms. The summed E-state index contributed by atoms with van der Waals surface area (Å²) in [5.41, 5.74) is 6.20. The molecule has 0 aromatic rings. The second-order valence-corrected chi connectivity index (χ2v) is 9.37. The van der Waals surface area contributed by atoms with Crippen molar-refractivity contribution in [1.29, 1.82) is 0 Å². The first kappa shape index (κ1) is 28.7. The molecular formula is C23H54N8. The summed E-state index contributed by atoms with van der Waals surface area (Å²) in [6.07, 6.45) is 10.8. The highest BCUT2D eigenvalue weighted by Gasteiger charge is 2.36. The number of nitrogens with one attached hydrogen (secondary N) is 7.